The molecule has 1 saturated heterocycles. The van der Waals surface area contributed by atoms with Crippen LogP contribution in [0.1, 0.15) is 26.7 Å². The molecule has 1 fully saturated rings. The molecule has 0 bridgehead atoms. The SMILES string of the molecule is CC(C)[NH+]1CCC(=NNc2ccc(S(N)(=O)=O)cc2[N+](=O)[O-])CC1. The molecule has 4 N–H and O–H groups in total. The zero-order valence-corrected chi connectivity index (χ0v) is 14.5. The van der Waals surface area contributed by atoms with E-state index in [0.29, 0.717) is 6.04 Å². The number of hydrogen-bond donors (Lipinski definition) is 3. The van der Waals surface area contributed by atoms with Gasteiger partial charge in [-0.2, -0.15) is 5.10 Å². The number of sulfonamides is 1. The quantitative estimate of drug-likeness (QED) is 0.508. The number of nitro groups is 1. The van der Waals surface area contributed by atoms with Gasteiger partial charge >= 0.3 is 0 Å². The van der Waals surface area contributed by atoms with E-state index in [2.05, 4.69) is 24.4 Å². The molecule has 10 heteroatoms. The number of anilines is 1. The van der Waals surface area contributed by atoms with Gasteiger partial charge in [0.25, 0.3) is 5.69 Å². The third-order valence-electron chi connectivity index (χ3n) is 4.11. The average Bonchev–Trinajstić information content (AvgIpc) is 2.52. The number of piperidine rings is 1. The normalized spacial score (nSPS) is 18.5. The molecular formula is C14H22N5O4S+. The molecular weight excluding hydrogens is 334 g/mol. The summed E-state index contributed by atoms with van der Waals surface area (Å²) in [6.45, 7) is 6.30. The van der Waals surface area contributed by atoms with E-state index < -0.39 is 14.9 Å². The van der Waals surface area contributed by atoms with Crippen molar-refractivity contribution in [1.29, 1.82) is 0 Å². The summed E-state index contributed by atoms with van der Waals surface area (Å²) in [7, 11) is -4.00. The molecule has 0 atom stereocenters. The van der Waals surface area contributed by atoms with E-state index >= 15 is 0 Å². The Morgan fingerprint density at radius 2 is 1.96 bits per heavy atom. The van der Waals surface area contributed by atoms with E-state index in [-0.39, 0.29) is 16.3 Å². The summed E-state index contributed by atoms with van der Waals surface area (Å²) in [6, 6.07) is 4.02. The van der Waals surface area contributed by atoms with Gasteiger partial charge in [0.2, 0.25) is 10.0 Å². The summed E-state index contributed by atoms with van der Waals surface area (Å²) >= 11 is 0. The molecule has 0 aliphatic carbocycles. The lowest BCUT2D eigenvalue weighted by molar-refractivity contribution is -0.922. The Labute approximate surface area is 140 Å². The number of quaternary nitrogens is 1. The minimum absolute atomic E-state index is 0.138. The van der Waals surface area contributed by atoms with Gasteiger partial charge in [0, 0.05) is 24.6 Å². The number of hydrazone groups is 1. The van der Waals surface area contributed by atoms with E-state index in [9.17, 15) is 18.5 Å². The average molecular weight is 356 g/mol. The van der Waals surface area contributed by atoms with Crippen LogP contribution in [-0.4, -0.2) is 38.2 Å². The lowest BCUT2D eigenvalue weighted by Gasteiger charge is -2.27. The molecule has 0 radical (unpaired) electrons. The lowest BCUT2D eigenvalue weighted by atomic mass is 10.1. The molecule has 0 amide bonds. The van der Waals surface area contributed by atoms with Crippen molar-refractivity contribution in [3.8, 4) is 0 Å². The van der Waals surface area contributed by atoms with Crippen LogP contribution in [0.4, 0.5) is 11.4 Å². The van der Waals surface area contributed by atoms with Crippen LogP contribution in [-0.2, 0) is 10.0 Å². The van der Waals surface area contributed by atoms with E-state index in [4.69, 9.17) is 5.14 Å². The predicted molar refractivity (Wildman–Crippen MR) is 90.6 cm³/mol. The van der Waals surface area contributed by atoms with E-state index in [1.165, 1.54) is 17.0 Å². The Balaban J connectivity index is 2.16. The number of nitrogens with zero attached hydrogens (tertiary/aromatic N) is 2. The van der Waals surface area contributed by atoms with Crippen LogP contribution >= 0.6 is 0 Å². The smallest absolute Gasteiger partial charge is 0.295 e. The molecule has 1 heterocycles. The first-order chi connectivity index (χ1) is 11.2. The van der Waals surface area contributed by atoms with Crippen LogP contribution in [0.15, 0.2) is 28.2 Å². The Hall–Kier alpha value is -2.04. The van der Waals surface area contributed by atoms with Crippen LogP contribution in [0, 0.1) is 10.1 Å². The highest BCUT2D eigenvalue weighted by atomic mass is 32.2. The first kappa shape index (κ1) is 18.3. The van der Waals surface area contributed by atoms with Crippen molar-refractivity contribution in [2.75, 3.05) is 18.5 Å². The Kier molecular flexibility index (Phi) is 5.52. The Bertz CT molecular complexity index is 750. The standard InChI is InChI=1S/C14H21N5O4S/c1-10(2)18-7-5-11(6-8-18)16-17-13-4-3-12(24(15,22)23)9-14(13)19(20)21/h3-4,9-10,17H,5-8H2,1-2H3,(H2,15,22,23)/p+1. The first-order valence-corrected chi connectivity index (χ1v) is 9.20. The Morgan fingerprint density at radius 1 is 1.33 bits per heavy atom. The monoisotopic (exact) mass is 356 g/mol. The number of nitrogens with one attached hydrogen (secondary N) is 2. The largest absolute Gasteiger partial charge is 0.332 e. The maximum absolute atomic E-state index is 11.3. The van der Waals surface area contributed by atoms with Gasteiger partial charge in [0.15, 0.2) is 0 Å². The van der Waals surface area contributed by atoms with Gasteiger partial charge in [0.05, 0.1) is 29.0 Å². The van der Waals surface area contributed by atoms with Crippen LogP contribution in [0.3, 0.4) is 0 Å². The molecule has 24 heavy (non-hydrogen) atoms. The summed E-state index contributed by atoms with van der Waals surface area (Å²) < 4.78 is 22.6. The van der Waals surface area contributed by atoms with Gasteiger partial charge in [-0.05, 0) is 26.0 Å². The maximum atomic E-state index is 11.3. The molecule has 1 aromatic carbocycles. The van der Waals surface area contributed by atoms with Crippen LogP contribution in [0.2, 0.25) is 0 Å². The van der Waals surface area contributed by atoms with Gasteiger partial charge in [0.1, 0.15) is 5.69 Å². The summed E-state index contributed by atoms with van der Waals surface area (Å²) in [5.74, 6) is 0. The van der Waals surface area contributed by atoms with Gasteiger partial charge in [-0.15, -0.1) is 0 Å². The summed E-state index contributed by atoms with van der Waals surface area (Å²) in [6.07, 6.45) is 1.65. The molecule has 0 unspecified atom stereocenters. The van der Waals surface area contributed by atoms with Crippen molar-refractivity contribution in [2.45, 2.75) is 37.6 Å². The van der Waals surface area contributed by atoms with Crippen LogP contribution in [0.25, 0.3) is 0 Å². The number of nitrogens with two attached hydrogens (primary N) is 1. The van der Waals surface area contributed by atoms with Gasteiger partial charge < -0.3 is 4.90 Å². The number of likely N-dealkylation sites (tertiary alicyclic amines) is 1. The van der Waals surface area contributed by atoms with Crippen LogP contribution in [0.5, 0.6) is 0 Å². The van der Waals surface area contributed by atoms with Crippen molar-refractivity contribution in [1.82, 2.24) is 0 Å². The third-order valence-corrected chi connectivity index (χ3v) is 5.03. The highest BCUT2D eigenvalue weighted by Crippen LogP contribution is 2.27. The van der Waals surface area contributed by atoms with Gasteiger partial charge in [-0.3, -0.25) is 15.5 Å². The van der Waals surface area contributed by atoms with Gasteiger partial charge in [-0.25, -0.2) is 13.6 Å². The number of primary sulfonamides is 1. The second-order valence-corrected chi connectivity index (χ2v) is 7.65. The van der Waals surface area contributed by atoms with Gasteiger partial charge in [-0.1, -0.05) is 0 Å². The molecule has 9 nitrogen and oxygen atoms in total. The van der Waals surface area contributed by atoms with Crippen molar-refractivity contribution >= 4 is 27.1 Å². The van der Waals surface area contributed by atoms with Crippen molar-refractivity contribution in [3.05, 3.63) is 28.3 Å². The minimum Gasteiger partial charge on any atom is -0.332 e. The predicted octanol–water partition coefficient (Wildman–Crippen LogP) is 0.0972. The molecule has 0 spiro atoms. The summed E-state index contributed by atoms with van der Waals surface area (Å²) in [5.41, 5.74) is 3.40. The fraction of sp³-hybridized carbons (Fsp3) is 0.500. The molecule has 0 saturated carbocycles. The Morgan fingerprint density at radius 3 is 2.46 bits per heavy atom. The molecule has 1 aliphatic heterocycles. The zero-order chi connectivity index (χ0) is 17.9. The minimum atomic E-state index is -4.00. The number of nitro benzene ring substituents is 1. The fourth-order valence-electron chi connectivity index (χ4n) is 2.62. The highest BCUT2D eigenvalue weighted by molar-refractivity contribution is 7.89. The van der Waals surface area contributed by atoms with Crippen molar-refractivity contribution in [2.24, 2.45) is 10.2 Å². The van der Waals surface area contributed by atoms with E-state index in [0.717, 1.165) is 37.7 Å². The number of hydrogen-bond acceptors (Lipinski definition) is 6. The third kappa shape index (κ3) is 4.49. The first-order valence-electron chi connectivity index (χ1n) is 7.65. The zero-order valence-electron chi connectivity index (χ0n) is 13.7. The molecule has 1 aromatic rings. The fourth-order valence-corrected chi connectivity index (χ4v) is 3.16. The van der Waals surface area contributed by atoms with E-state index in [1.54, 1.807) is 0 Å². The van der Waals surface area contributed by atoms with E-state index in [1.807, 2.05) is 0 Å². The second-order valence-electron chi connectivity index (χ2n) is 6.08. The number of benzene rings is 1. The molecule has 1 aliphatic rings. The topological polar surface area (TPSA) is 132 Å². The maximum Gasteiger partial charge on any atom is 0.295 e. The van der Waals surface area contributed by atoms with Crippen LogP contribution < -0.4 is 15.5 Å². The summed E-state index contributed by atoms with van der Waals surface area (Å²) in [5, 5.41) is 20.4. The molecule has 0 aromatic heterocycles. The molecule has 132 valence electrons. The molecule has 2 rings (SSSR count). The lowest BCUT2D eigenvalue weighted by Crippen LogP contribution is -3.16. The number of rotatable bonds is 5. The van der Waals surface area contributed by atoms with Crippen molar-refractivity contribution < 1.29 is 18.2 Å². The summed E-state index contributed by atoms with van der Waals surface area (Å²) in [4.78, 5) is 11.7. The highest BCUT2D eigenvalue weighted by Gasteiger charge is 2.22. The second kappa shape index (κ2) is 7.24. The van der Waals surface area contributed by atoms with Crippen molar-refractivity contribution in [3.63, 3.8) is 0 Å².